The third-order valence-corrected chi connectivity index (χ3v) is 3.18. The molecule has 0 N–H and O–H groups in total. The fraction of sp³-hybridized carbons (Fsp3) is 0.333. The van der Waals surface area contributed by atoms with Gasteiger partial charge >= 0.3 is 6.18 Å². The minimum atomic E-state index is -4.41. The largest absolute Gasteiger partial charge is 0.490 e. The summed E-state index contributed by atoms with van der Waals surface area (Å²) in [7, 11) is 0.874. The molecule has 18 heavy (non-hydrogen) atoms. The molecule has 0 amide bonds. The van der Waals surface area contributed by atoms with Gasteiger partial charge in [-0.25, -0.2) is 12.8 Å². The van der Waals surface area contributed by atoms with Crippen LogP contribution in [0.1, 0.15) is 6.42 Å². The van der Waals surface area contributed by atoms with E-state index in [1.54, 1.807) is 0 Å². The van der Waals surface area contributed by atoms with Crippen LogP contribution in [0, 0.1) is 5.82 Å². The molecule has 0 fully saturated rings. The summed E-state index contributed by atoms with van der Waals surface area (Å²) in [5, 5.41) is 0. The Bertz CT molecular complexity index is 527. The fourth-order valence-corrected chi connectivity index (χ4v) is 1.79. The molecule has 0 aliphatic rings. The van der Waals surface area contributed by atoms with Gasteiger partial charge in [-0.1, -0.05) is 0 Å². The van der Waals surface area contributed by atoms with Crippen molar-refractivity contribution < 1.29 is 30.7 Å². The van der Waals surface area contributed by atoms with E-state index in [4.69, 9.17) is 10.7 Å². The smallest absolute Gasteiger partial charge is 0.392 e. The van der Waals surface area contributed by atoms with E-state index < -0.39 is 44.7 Å². The number of hydrogen-bond acceptors (Lipinski definition) is 3. The fourth-order valence-electron chi connectivity index (χ4n) is 1.03. The van der Waals surface area contributed by atoms with Gasteiger partial charge in [-0.05, 0) is 18.2 Å². The van der Waals surface area contributed by atoms with Crippen molar-refractivity contribution in [2.24, 2.45) is 0 Å². The lowest BCUT2D eigenvalue weighted by Gasteiger charge is -2.09. The molecule has 0 atom stereocenters. The van der Waals surface area contributed by atoms with Crippen LogP contribution in [0.15, 0.2) is 23.1 Å². The Morgan fingerprint density at radius 3 is 2.33 bits per heavy atom. The predicted octanol–water partition coefficient (Wildman–Crippen LogP) is 3.08. The van der Waals surface area contributed by atoms with Crippen LogP contribution in [-0.4, -0.2) is 21.2 Å². The number of alkyl halides is 3. The Morgan fingerprint density at radius 2 is 1.89 bits per heavy atom. The molecule has 0 radical (unpaired) electrons. The topological polar surface area (TPSA) is 43.4 Å². The van der Waals surface area contributed by atoms with Crippen LogP contribution in [0.4, 0.5) is 17.6 Å². The van der Waals surface area contributed by atoms with E-state index in [0.717, 1.165) is 12.1 Å². The minimum Gasteiger partial charge on any atom is -0.490 e. The van der Waals surface area contributed by atoms with Crippen molar-refractivity contribution in [3.05, 3.63) is 24.0 Å². The molecule has 1 aromatic carbocycles. The summed E-state index contributed by atoms with van der Waals surface area (Å²) in [5.74, 6) is -1.57. The Balaban J connectivity index is 2.75. The Kier molecular flexibility index (Phi) is 4.44. The van der Waals surface area contributed by atoms with Gasteiger partial charge in [-0.2, -0.15) is 13.2 Å². The monoisotopic (exact) mass is 306 g/mol. The van der Waals surface area contributed by atoms with Gasteiger partial charge in [-0.3, -0.25) is 0 Å². The van der Waals surface area contributed by atoms with Gasteiger partial charge in [0, 0.05) is 10.7 Å². The lowest BCUT2D eigenvalue weighted by atomic mass is 10.3. The summed E-state index contributed by atoms with van der Waals surface area (Å²) < 4.78 is 74.9. The van der Waals surface area contributed by atoms with Gasteiger partial charge in [0.1, 0.15) is 0 Å². The third kappa shape index (κ3) is 4.69. The van der Waals surface area contributed by atoms with Crippen molar-refractivity contribution in [2.75, 3.05) is 6.61 Å². The van der Waals surface area contributed by atoms with E-state index in [1.165, 1.54) is 0 Å². The molecular weight excluding hydrogens is 300 g/mol. The molecule has 0 aliphatic heterocycles. The van der Waals surface area contributed by atoms with Crippen molar-refractivity contribution in [3.8, 4) is 5.75 Å². The average molecular weight is 307 g/mol. The normalized spacial score (nSPS) is 12.5. The van der Waals surface area contributed by atoms with E-state index in [9.17, 15) is 26.0 Å². The molecule has 0 aliphatic carbocycles. The van der Waals surface area contributed by atoms with Crippen LogP contribution in [0.5, 0.6) is 5.75 Å². The Hall–Kier alpha value is -1.02. The highest BCUT2D eigenvalue weighted by molar-refractivity contribution is 8.13. The SMILES string of the molecule is O=S(=O)(Cl)c1ccc(OCCC(F)(F)F)c(F)c1. The zero-order valence-electron chi connectivity index (χ0n) is 8.67. The number of halogens is 5. The van der Waals surface area contributed by atoms with Gasteiger partial charge in [0.2, 0.25) is 0 Å². The second-order valence-electron chi connectivity index (χ2n) is 3.24. The minimum absolute atomic E-state index is 0.469. The lowest BCUT2D eigenvalue weighted by Crippen LogP contribution is -2.13. The second kappa shape index (κ2) is 5.31. The van der Waals surface area contributed by atoms with Gasteiger partial charge in [-0.15, -0.1) is 0 Å². The van der Waals surface area contributed by atoms with Crippen LogP contribution in [0.3, 0.4) is 0 Å². The van der Waals surface area contributed by atoms with Gasteiger partial charge in [0.25, 0.3) is 9.05 Å². The van der Waals surface area contributed by atoms with Crippen molar-refractivity contribution in [3.63, 3.8) is 0 Å². The average Bonchev–Trinajstić information content (AvgIpc) is 2.17. The van der Waals surface area contributed by atoms with Crippen LogP contribution in [0.2, 0.25) is 0 Å². The van der Waals surface area contributed by atoms with Crippen molar-refractivity contribution in [1.82, 2.24) is 0 Å². The molecule has 0 aromatic heterocycles. The molecular formula is C9H7ClF4O3S. The molecule has 0 bridgehead atoms. The van der Waals surface area contributed by atoms with Crippen LogP contribution in [-0.2, 0) is 9.05 Å². The molecule has 0 spiro atoms. The molecule has 1 rings (SSSR count). The highest BCUT2D eigenvalue weighted by Crippen LogP contribution is 2.25. The van der Waals surface area contributed by atoms with Gasteiger partial charge in [0.05, 0.1) is 17.9 Å². The summed E-state index contributed by atoms with van der Waals surface area (Å²) in [6.45, 7) is -0.757. The van der Waals surface area contributed by atoms with E-state index in [-0.39, 0.29) is 0 Å². The summed E-state index contributed by atoms with van der Waals surface area (Å²) in [6, 6.07) is 2.42. The van der Waals surface area contributed by atoms with Crippen LogP contribution < -0.4 is 4.74 Å². The second-order valence-corrected chi connectivity index (χ2v) is 5.81. The Labute approximate surface area is 105 Å². The maximum Gasteiger partial charge on any atom is 0.392 e. The zero-order valence-corrected chi connectivity index (χ0v) is 10.2. The molecule has 0 unspecified atom stereocenters. The first-order valence-corrected chi connectivity index (χ1v) is 6.84. The number of ether oxygens (including phenoxy) is 1. The van der Waals surface area contributed by atoms with E-state index in [1.807, 2.05) is 0 Å². The van der Waals surface area contributed by atoms with Crippen LogP contribution in [0.25, 0.3) is 0 Å². The van der Waals surface area contributed by atoms with E-state index in [2.05, 4.69) is 4.74 Å². The number of hydrogen-bond donors (Lipinski definition) is 0. The number of benzene rings is 1. The lowest BCUT2D eigenvalue weighted by molar-refractivity contribution is -0.139. The summed E-state index contributed by atoms with van der Waals surface area (Å²) in [4.78, 5) is -0.496. The van der Waals surface area contributed by atoms with Crippen molar-refractivity contribution in [2.45, 2.75) is 17.5 Å². The first kappa shape index (κ1) is 15.0. The third-order valence-electron chi connectivity index (χ3n) is 1.83. The zero-order chi connectivity index (χ0) is 14.0. The van der Waals surface area contributed by atoms with Gasteiger partial charge < -0.3 is 4.74 Å². The molecule has 0 saturated carbocycles. The predicted molar refractivity (Wildman–Crippen MR) is 55.6 cm³/mol. The van der Waals surface area contributed by atoms with Crippen molar-refractivity contribution in [1.29, 1.82) is 0 Å². The maximum absolute atomic E-state index is 13.3. The Morgan fingerprint density at radius 1 is 1.28 bits per heavy atom. The quantitative estimate of drug-likeness (QED) is 0.634. The summed E-state index contributed by atoms with van der Waals surface area (Å²) in [5.41, 5.74) is 0. The molecule has 3 nitrogen and oxygen atoms in total. The molecule has 9 heteroatoms. The molecule has 0 heterocycles. The molecule has 0 saturated heterocycles. The van der Waals surface area contributed by atoms with Gasteiger partial charge in [0.15, 0.2) is 11.6 Å². The number of rotatable bonds is 4. The van der Waals surface area contributed by atoms with E-state index >= 15 is 0 Å². The van der Waals surface area contributed by atoms with Crippen molar-refractivity contribution >= 4 is 19.7 Å². The maximum atomic E-state index is 13.3. The summed E-state index contributed by atoms with van der Waals surface area (Å²) in [6.07, 6.45) is -5.64. The first-order chi connectivity index (χ1) is 8.09. The summed E-state index contributed by atoms with van der Waals surface area (Å²) >= 11 is 0. The standard InChI is InChI=1S/C9H7ClF4O3S/c10-18(15,16)6-1-2-8(7(11)5-6)17-4-3-9(12,13)14/h1-2,5H,3-4H2. The highest BCUT2D eigenvalue weighted by Gasteiger charge is 2.27. The van der Waals surface area contributed by atoms with E-state index in [0.29, 0.717) is 6.07 Å². The highest BCUT2D eigenvalue weighted by atomic mass is 35.7. The first-order valence-electron chi connectivity index (χ1n) is 4.53. The molecule has 1 aromatic rings. The molecule has 102 valence electrons. The van der Waals surface area contributed by atoms with Crippen LogP contribution >= 0.6 is 10.7 Å².